The highest BCUT2D eigenvalue weighted by molar-refractivity contribution is 7.99. The second kappa shape index (κ2) is 9.97. The standard InChI is InChI=1S/C18H33N3O2S2/c1-4-5-8-21-17(15-20-9-11-24-12-10-20)14-19-18(21)25(22,23)13-6-7-16(2)3/h14,16H,4-13,15H2,1-3H3. The third-order valence-corrected chi connectivity index (χ3v) is 7.25. The Balaban J connectivity index is 2.15. The number of thioether (sulfide) groups is 1. The predicted molar refractivity (Wildman–Crippen MR) is 106 cm³/mol. The zero-order valence-electron chi connectivity index (χ0n) is 15.9. The molecule has 1 fully saturated rings. The van der Waals surface area contributed by atoms with E-state index in [9.17, 15) is 8.42 Å². The van der Waals surface area contributed by atoms with Crippen molar-refractivity contribution in [2.24, 2.45) is 5.92 Å². The maximum Gasteiger partial charge on any atom is 0.227 e. The summed E-state index contributed by atoms with van der Waals surface area (Å²) >= 11 is 1.99. The van der Waals surface area contributed by atoms with Gasteiger partial charge in [-0.1, -0.05) is 27.2 Å². The van der Waals surface area contributed by atoms with Gasteiger partial charge >= 0.3 is 0 Å². The molecule has 0 amide bonds. The quantitative estimate of drug-likeness (QED) is 0.615. The SMILES string of the molecule is CCCCn1c(CN2CCSCC2)cnc1S(=O)(=O)CCCC(C)C. The number of imidazole rings is 1. The summed E-state index contributed by atoms with van der Waals surface area (Å²) in [6.07, 6.45) is 5.46. The first-order valence-corrected chi connectivity index (χ1v) is 12.3. The Morgan fingerprint density at radius 2 is 1.96 bits per heavy atom. The number of hydrogen-bond acceptors (Lipinski definition) is 5. The molecule has 1 aliphatic rings. The highest BCUT2D eigenvalue weighted by atomic mass is 32.2. The van der Waals surface area contributed by atoms with E-state index in [0.717, 1.165) is 62.6 Å². The van der Waals surface area contributed by atoms with Crippen molar-refractivity contribution in [3.8, 4) is 0 Å². The van der Waals surface area contributed by atoms with Crippen LogP contribution < -0.4 is 0 Å². The molecule has 5 nitrogen and oxygen atoms in total. The van der Waals surface area contributed by atoms with E-state index in [1.807, 2.05) is 16.3 Å². The van der Waals surface area contributed by atoms with Crippen LogP contribution in [-0.2, 0) is 22.9 Å². The zero-order chi connectivity index (χ0) is 18.3. The molecule has 0 spiro atoms. The lowest BCUT2D eigenvalue weighted by molar-refractivity contribution is 0.284. The van der Waals surface area contributed by atoms with Crippen LogP contribution in [0.4, 0.5) is 0 Å². The zero-order valence-corrected chi connectivity index (χ0v) is 17.5. The van der Waals surface area contributed by atoms with E-state index < -0.39 is 9.84 Å². The number of rotatable bonds is 10. The van der Waals surface area contributed by atoms with Crippen LogP contribution in [0.15, 0.2) is 11.4 Å². The van der Waals surface area contributed by atoms with Gasteiger partial charge in [0.1, 0.15) is 0 Å². The first-order valence-electron chi connectivity index (χ1n) is 9.51. The van der Waals surface area contributed by atoms with Gasteiger partial charge in [0, 0.05) is 37.7 Å². The Bertz CT molecular complexity index is 620. The highest BCUT2D eigenvalue weighted by Gasteiger charge is 2.24. The molecule has 1 aromatic heterocycles. The van der Waals surface area contributed by atoms with Gasteiger partial charge in [-0.05, 0) is 25.2 Å². The van der Waals surface area contributed by atoms with Gasteiger partial charge in [0.25, 0.3) is 0 Å². The second-order valence-electron chi connectivity index (χ2n) is 7.28. The van der Waals surface area contributed by atoms with Gasteiger partial charge in [0.2, 0.25) is 15.0 Å². The molecule has 0 saturated carbocycles. The van der Waals surface area contributed by atoms with Crippen molar-refractivity contribution in [2.45, 2.75) is 64.7 Å². The molecule has 0 bridgehead atoms. The van der Waals surface area contributed by atoms with Crippen molar-refractivity contribution in [3.63, 3.8) is 0 Å². The normalized spacial score (nSPS) is 16.6. The first-order chi connectivity index (χ1) is 11.9. The third kappa shape index (κ3) is 6.29. The maximum absolute atomic E-state index is 12.8. The Labute approximate surface area is 157 Å². The molecule has 144 valence electrons. The fraction of sp³-hybridized carbons (Fsp3) is 0.833. The van der Waals surface area contributed by atoms with E-state index in [1.165, 1.54) is 0 Å². The van der Waals surface area contributed by atoms with Gasteiger partial charge in [-0.15, -0.1) is 0 Å². The molecule has 0 atom stereocenters. The van der Waals surface area contributed by atoms with Crippen molar-refractivity contribution in [2.75, 3.05) is 30.3 Å². The average Bonchev–Trinajstić information content (AvgIpc) is 2.96. The molecule has 0 aliphatic carbocycles. The van der Waals surface area contributed by atoms with Crippen molar-refractivity contribution in [3.05, 3.63) is 11.9 Å². The Hall–Kier alpha value is -0.530. The number of hydrogen-bond donors (Lipinski definition) is 0. The molecule has 7 heteroatoms. The Kier molecular flexibility index (Phi) is 8.29. The van der Waals surface area contributed by atoms with E-state index in [4.69, 9.17) is 0 Å². The van der Waals surface area contributed by atoms with Gasteiger partial charge in [-0.3, -0.25) is 4.90 Å². The summed E-state index contributed by atoms with van der Waals surface area (Å²) in [5, 5.41) is 0.283. The molecule has 0 aromatic carbocycles. The minimum absolute atomic E-state index is 0.202. The number of aromatic nitrogens is 2. The molecule has 1 aromatic rings. The Morgan fingerprint density at radius 3 is 2.60 bits per heavy atom. The summed E-state index contributed by atoms with van der Waals surface area (Å²) in [6, 6.07) is 0. The van der Waals surface area contributed by atoms with Crippen LogP contribution in [0, 0.1) is 5.92 Å². The van der Waals surface area contributed by atoms with Crippen molar-refractivity contribution in [1.82, 2.24) is 14.5 Å². The number of nitrogens with zero attached hydrogens (tertiary/aromatic N) is 3. The van der Waals surface area contributed by atoms with E-state index >= 15 is 0 Å². The molecule has 0 N–H and O–H groups in total. The molecule has 25 heavy (non-hydrogen) atoms. The van der Waals surface area contributed by atoms with Crippen LogP contribution in [0.2, 0.25) is 0 Å². The van der Waals surface area contributed by atoms with E-state index in [2.05, 4.69) is 30.7 Å². The second-order valence-corrected chi connectivity index (χ2v) is 10.5. The van der Waals surface area contributed by atoms with Gasteiger partial charge < -0.3 is 4.57 Å². The van der Waals surface area contributed by atoms with Crippen LogP contribution in [0.1, 0.15) is 52.1 Å². The first kappa shape index (κ1) is 20.8. The van der Waals surface area contributed by atoms with Crippen LogP contribution >= 0.6 is 11.8 Å². The maximum atomic E-state index is 12.8. The lowest BCUT2D eigenvalue weighted by Crippen LogP contribution is -2.33. The summed E-state index contributed by atoms with van der Waals surface area (Å²) in [7, 11) is -3.31. The van der Waals surface area contributed by atoms with Gasteiger partial charge in [0.15, 0.2) is 0 Å². The van der Waals surface area contributed by atoms with E-state index in [-0.39, 0.29) is 10.9 Å². The largest absolute Gasteiger partial charge is 0.318 e. The summed E-state index contributed by atoms with van der Waals surface area (Å²) in [4.78, 5) is 6.75. The average molecular weight is 388 g/mol. The lowest BCUT2D eigenvalue weighted by atomic mass is 10.1. The summed E-state index contributed by atoms with van der Waals surface area (Å²) < 4.78 is 27.6. The fourth-order valence-electron chi connectivity index (χ4n) is 3.08. The minimum Gasteiger partial charge on any atom is -0.318 e. The van der Waals surface area contributed by atoms with Crippen LogP contribution in [-0.4, -0.2) is 53.2 Å². The molecule has 1 aliphatic heterocycles. The van der Waals surface area contributed by atoms with Gasteiger partial charge in [-0.25, -0.2) is 13.4 Å². The minimum atomic E-state index is -3.31. The summed E-state index contributed by atoms with van der Waals surface area (Å²) in [5.74, 6) is 3.05. The highest BCUT2D eigenvalue weighted by Crippen LogP contribution is 2.19. The van der Waals surface area contributed by atoms with Crippen molar-refractivity contribution >= 4 is 21.6 Å². The van der Waals surface area contributed by atoms with Crippen LogP contribution in [0.5, 0.6) is 0 Å². The molecule has 2 rings (SSSR count). The Morgan fingerprint density at radius 1 is 1.24 bits per heavy atom. The van der Waals surface area contributed by atoms with Gasteiger partial charge in [-0.2, -0.15) is 11.8 Å². The summed E-state index contributed by atoms with van der Waals surface area (Å²) in [6.45, 7) is 10.1. The molecule has 2 heterocycles. The number of sulfone groups is 1. The molecule has 0 unspecified atom stereocenters. The smallest absolute Gasteiger partial charge is 0.227 e. The molecule has 0 radical (unpaired) electrons. The topological polar surface area (TPSA) is 55.2 Å². The van der Waals surface area contributed by atoms with Crippen molar-refractivity contribution in [1.29, 1.82) is 0 Å². The number of unbranched alkanes of at least 4 members (excludes halogenated alkanes) is 1. The monoisotopic (exact) mass is 387 g/mol. The van der Waals surface area contributed by atoms with Crippen molar-refractivity contribution < 1.29 is 8.42 Å². The molecule has 1 saturated heterocycles. The van der Waals surface area contributed by atoms with Gasteiger partial charge in [0.05, 0.1) is 17.6 Å². The predicted octanol–water partition coefficient (Wildman–Crippen LogP) is 3.44. The summed E-state index contributed by atoms with van der Waals surface area (Å²) in [5.41, 5.74) is 1.04. The third-order valence-electron chi connectivity index (χ3n) is 4.60. The van der Waals surface area contributed by atoms with E-state index in [1.54, 1.807) is 6.20 Å². The molecular weight excluding hydrogens is 354 g/mol. The lowest BCUT2D eigenvalue weighted by Gasteiger charge is -2.26. The van der Waals surface area contributed by atoms with Crippen LogP contribution in [0.25, 0.3) is 0 Å². The van der Waals surface area contributed by atoms with E-state index in [0.29, 0.717) is 12.3 Å². The fourth-order valence-corrected chi connectivity index (χ4v) is 5.55. The molecular formula is C18H33N3O2S2. The van der Waals surface area contributed by atoms with Crippen LogP contribution in [0.3, 0.4) is 0 Å².